The topological polar surface area (TPSA) is 16.1 Å². The Balaban J connectivity index is -0.0000000286. The first-order chi connectivity index (χ1) is 14.3. The number of fused-ring (bicyclic) bond motifs is 1. The molecule has 0 spiro atoms. The monoisotopic (exact) mass is 594 g/mol. The summed E-state index contributed by atoms with van der Waals surface area (Å²) < 4.78 is 145. The zero-order chi connectivity index (χ0) is 25.8. The average Bonchev–Trinajstić information content (AvgIpc) is 3.24. The fourth-order valence-electron chi connectivity index (χ4n) is 1.29. The number of aromatic nitrogens is 1. The van der Waals surface area contributed by atoms with E-state index in [9.17, 15) is 0 Å². The highest BCUT2D eigenvalue weighted by Gasteiger charge is 2.16. The highest BCUT2D eigenvalue weighted by molar-refractivity contribution is 9.11. The molecule has 0 saturated heterocycles. The Morgan fingerprint density at radius 1 is 0.700 bits per heavy atom. The van der Waals surface area contributed by atoms with E-state index in [0.717, 1.165) is 23.4 Å². The Hall–Kier alpha value is -1.26. The second-order valence-corrected chi connectivity index (χ2v) is 5.18. The van der Waals surface area contributed by atoms with Crippen LogP contribution < -0.4 is 0 Å². The van der Waals surface area contributed by atoms with Gasteiger partial charge in [0.1, 0.15) is 0 Å². The first kappa shape index (κ1) is 56.8. The van der Waals surface area contributed by atoms with Crippen molar-refractivity contribution in [2.75, 3.05) is 13.6 Å². The standard InChI is InChI=1S/C7H9BrN2S.9F2.FH/c1-10-3-2-5-6(4-10)11-7(8)9-5;9*1-2;/h2-4H2,1H3;;;;;;;;;;1H. The summed E-state index contributed by atoms with van der Waals surface area (Å²) in [6.07, 6.45) is 1.11. The molecule has 1 aliphatic heterocycles. The van der Waals surface area contributed by atoms with Crippen LogP contribution in [0.1, 0.15) is 10.6 Å². The molecule has 0 radical (unpaired) electrons. The Bertz CT molecular complexity index is 300. The normalized spacial score (nSPS) is 8.53. The van der Waals surface area contributed by atoms with Gasteiger partial charge in [-0.05, 0) is 23.0 Å². The van der Waals surface area contributed by atoms with E-state index in [-0.39, 0.29) is 4.70 Å². The molecule has 0 bridgehead atoms. The minimum absolute atomic E-state index is 0. The largest absolute Gasteiger partial charge is 0.301 e. The van der Waals surface area contributed by atoms with Gasteiger partial charge in [-0.2, -0.15) is 0 Å². The van der Waals surface area contributed by atoms with Gasteiger partial charge in [0.05, 0.1) is 5.69 Å². The minimum atomic E-state index is 0. The van der Waals surface area contributed by atoms with Crippen molar-refractivity contribution in [2.45, 2.75) is 13.0 Å². The third-order valence-electron chi connectivity index (χ3n) is 1.90. The summed E-state index contributed by atoms with van der Waals surface area (Å²) in [7, 11) is 2.15. The molecular weight excluding hydrogens is 585 g/mol. The molecule has 0 N–H and O–H groups in total. The summed E-state index contributed by atoms with van der Waals surface area (Å²) >= 11 is 5.16. The summed E-state index contributed by atoms with van der Waals surface area (Å²) in [4.78, 5) is 8.14. The molecule has 2 heterocycles. The number of halogens is 20. The average molecular weight is 595 g/mol. The number of likely N-dealkylation sites (N-methyl/N-ethyl adjacent to an activating group) is 1. The molecule has 0 atom stereocenters. The van der Waals surface area contributed by atoms with Gasteiger partial charge in [0.15, 0.2) is 3.92 Å². The van der Waals surface area contributed by atoms with Gasteiger partial charge in [0.25, 0.3) is 0 Å². The van der Waals surface area contributed by atoms with Crippen molar-refractivity contribution in [2.24, 2.45) is 0 Å². The van der Waals surface area contributed by atoms with Crippen LogP contribution in [0.4, 0.5) is 87.0 Å². The lowest BCUT2D eigenvalue weighted by Crippen LogP contribution is -2.25. The molecule has 2 rings (SSSR count). The molecule has 1 aliphatic rings. The lowest BCUT2D eigenvalue weighted by Gasteiger charge is -2.20. The van der Waals surface area contributed by atoms with Crippen LogP contribution in [0.2, 0.25) is 0 Å². The van der Waals surface area contributed by atoms with Crippen molar-refractivity contribution in [3.05, 3.63) is 14.5 Å². The zero-order valence-corrected chi connectivity index (χ0v) is 15.9. The second-order valence-electron chi connectivity index (χ2n) is 2.82. The van der Waals surface area contributed by atoms with E-state index in [4.69, 9.17) is 82.3 Å². The lowest BCUT2D eigenvalue weighted by atomic mass is 10.2. The number of thiazole rings is 1. The van der Waals surface area contributed by atoms with Crippen molar-refractivity contribution in [1.82, 2.24) is 9.88 Å². The lowest BCUT2D eigenvalue weighted by molar-refractivity contribution is 0.108. The van der Waals surface area contributed by atoms with Gasteiger partial charge in [-0.25, -0.2) is 4.98 Å². The third kappa shape index (κ3) is 45.5. The summed E-state index contributed by atoms with van der Waals surface area (Å²) in [5.41, 5.74) is 1.29. The molecule has 1 aromatic heterocycles. The number of nitrogens with zero attached hydrogens (tertiary/aromatic N) is 2. The molecule has 30 heavy (non-hydrogen) atoms. The Morgan fingerprint density at radius 3 is 1.30 bits per heavy atom. The van der Waals surface area contributed by atoms with E-state index in [2.05, 4.69) is 32.9 Å². The number of hydrogen-bond acceptors (Lipinski definition) is 3. The van der Waals surface area contributed by atoms with E-state index in [1.54, 1.807) is 11.3 Å². The summed E-state index contributed by atoms with van der Waals surface area (Å²) in [6, 6.07) is 0. The van der Waals surface area contributed by atoms with Gasteiger partial charge in [-0.1, -0.05) is 0 Å². The van der Waals surface area contributed by atoms with Crippen LogP contribution in [0.5, 0.6) is 0 Å². The van der Waals surface area contributed by atoms with Crippen LogP contribution in [0, 0.1) is 0 Å². The fourth-order valence-corrected chi connectivity index (χ4v) is 3.00. The molecular formula is C7H10BrF19N2S. The molecule has 0 aromatic carbocycles. The van der Waals surface area contributed by atoms with Gasteiger partial charge < -0.3 is 4.90 Å². The maximum Gasteiger partial charge on any atom is 0.159 e. The van der Waals surface area contributed by atoms with Gasteiger partial charge >= 0.3 is 0 Å². The van der Waals surface area contributed by atoms with E-state index in [1.807, 2.05) is 0 Å². The van der Waals surface area contributed by atoms with Crippen LogP contribution in [-0.4, -0.2) is 23.5 Å². The smallest absolute Gasteiger partial charge is 0.159 e. The zero-order valence-electron chi connectivity index (χ0n) is 13.5. The van der Waals surface area contributed by atoms with Crippen molar-refractivity contribution < 1.29 is 87.0 Å². The first-order valence-electron chi connectivity index (χ1n) is 4.87. The maximum absolute atomic E-state index is 8.00. The van der Waals surface area contributed by atoms with Crippen LogP contribution in [0.25, 0.3) is 0 Å². The van der Waals surface area contributed by atoms with Crippen LogP contribution >= 0.6 is 27.3 Å². The summed E-state index contributed by atoms with van der Waals surface area (Å²) in [6.45, 7) is 2.21. The Kier molecular flexibility index (Phi) is 151. The van der Waals surface area contributed by atoms with Crippen molar-refractivity contribution in [1.29, 1.82) is 0 Å². The quantitative estimate of drug-likeness (QED) is 0.278. The highest BCUT2D eigenvalue weighted by Crippen LogP contribution is 2.27. The summed E-state index contributed by atoms with van der Waals surface area (Å²) in [5, 5.41) is 0. The summed E-state index contributed by atoms with van der Waals surface area (Å²) in [5.74, 6) is 0. The van der Waals surface area contributed by atoms with E-state index in [0.29, 0.717) is 0 Å². The second kappa shape index (κ2) is 80.1. The number of hydrogen-bond donors (Lipinski definition) is 0. The fraction of sp³-hybridized carbons (Fsp3) is 0.571. The predicted molar refractivity (Wildman–Crippen MR) is 72.3 cm³/mol. The Morgan fingerprint density at radius 2 is 1.00 bits per heavy atom. The molecule has 0 saturated carbocycles. The van der Waals surface area contributed by atoms with Crippen LogP contribution in [0.15, 0.2) is 3.92 Å². The third-order valence-corrected chi connectivity index (χ3v) is 3.43. The van der Waals surface area contributed by atoms with Crippen LogP contribution in [-0.2, 0) is 13.0 Å². The highest BCUT2D eigenvalue weighted by atomic mass is 79.9. The molecule has 0 unspecified atom stereocenters. The molecule has 0 amide bonds. The van der Waals surface area contributed by atoms with Crippen molar-refractivity contribution in [3.63, 3.8) is 0 Å². The molecule has 23 heteroatoms. The van der Waals surface area contributed by atoms with Gasteiger partial charge in [0, 0.05) is 107 Å². The Labute approximate surface area is 166 Å². The maximum atomic E-state index is 8.00. The van der Waals surface area contributed by atoms with Crippen LogP contribution in [0.3, 0.4) is 0 Å². The minimum Gasteiger partial charge on any atom is -0.301 e. The van der Waals surface area contributed by atoms with Gasteiger partial charge in [-0.15, -0.1) is 11.3 Å². The van der Waals surface area contributed by atoms with Gasteiger partial charge in [0.2, 0.25) is 0 Å². The molecule has 194 valence electrons. The van der Waals surface area contributed by atoms with Crippen molar-refractivity contribution >= 4 is 27.3 Å². The molecule has 0 fully saturated rings. The van der Waals surface area contributed by atoms with E-state index < -0.39 is 0 Å². The molecule has 2 nitrogen and oxygen atoms in total. The molecule has 0 aliphatic carbocycles. The van der Waals surface area contributed by atoms with E-state index in [1.165, 1.54) is 10.6 Å². The first-order valence-corrected chi connectivity index (χ1v) is 6.48. The SMILES string of the molecule is CN1CCc2nc(Br)sc2C1.F.FF.FF.FF.FF.FF.FF.FF.FF.FF. The number of rotatable bonds is 0. The predicted octanol–water partition coefficient (Wildman–Crippen LogP) is 9.61. The van der Waals surface area contributed by atoms with Crippen molar-refractivity contribution in [3.8, 4) is 0 Å². The van der Waals surface area contributed by atoms with E-state index >= 15 is 0 Å². The van der Waals surface area contributed by atoms with Gasteiger partial charge in [-0.3, -0.25) is 4.70 Å². The molecule has 1 aromatic rings.